The molecule has 1 aliphatic heterocycles. The number of benzene rings is 1. The molecule has 2 N–H and O–H groups in total. The molecule has 1 saturated heterocycles. The molecule has 2 unspecified atom stereocenters. The van der Waals surface area contributed by atoms with Gasteiger partial charge in [-0.25, -0.2) is 9.37 Å². The first-order chi connectivity index (χ1) is 11.0. The molecule has 1 aromatic carbocycles. The number of carbonyl (C=O) groups is 1. The maximum Gasteiger partial charge on any atom is 0.266 e. The number of aryl methyl sites for hydroxylation is 1. The molecule has 1 fully saturated rings. The van der Waals surface area contributed by atoms with E-state index in [0.29, 0.717) is 23.9 Å². The summed E-state index contributed by atoms with van der Waals surface area (Å²) < 4.78 is 13.0. The van der Waals surface area contributed by atoms with Crippen molar-refractivity contribution in [3.8, 4) is 10.6 Å². The van der Waals surface area contributed by atoms with Gasteiger partial charge >= 0.3 is 0 Å². The molecular formula is C17H22Cl2FN3OS. The van der Waals surface area contributed by atoms with Crippen LogP contribution in [0.15, 0.2) is 24.3 Å². The number of carbonyl (C=O) groups excluding carboxylic acids is 1. The predicted molar refractivity (Wildman–Crippen MR) is 104 cm³/mol. The molecule has 25 heavy (non-hydrogen) atoms. The van der Waals surface area contributed by atoms with Gasteiger partial charge in [0.05, 0.1) is 5.69 Å². The third kappa shape index (κ3) is 4.50. The fourth-order valence-electron chi connectivity index (χ4n) is 3.04. The Kier molecular flexibility index (Phi) is 7.81. The van der Waals surface area contributed by atoms with Crippen LogP contribution in [0.3, 0.4) is 0 Å². The standard InChI is InChI=1S/C17H20FN3OS.2ClH/c1-10-7-12(8-19)9-21(10)17(22)15-11(2)20-16(23-15)13-3-5-14(18)6-4-13;;/h3-6,10,12H,7-9,19H2,1-2H3;2*1H. The minimum absolute atomic E-state index is 0. The summed E-state index contributed by atoms with van der Waals surface area (Å²) in [5.41, 5.74) is 7.29. The number of halogens is 3. The lowest BCUT2D eigenvalue weighted by Gasteiger charge is -2.20. The van der Waals surface area contributed by atoms with E-state index < -0.39 is 0 Å². The van der Waals surface area contributed by atoms with Crippen molar-refractivity contribution in [3.63, 3.8) is 0 Å². The second-order valence-electron chi connectivity index (χ2n) is 6.08. The molecule has 0 radical (unpaired) electrons. The average Bonchev–Trinajstić information content (AvgIpc) is 3.10. The van der Waals surface area contributed by atoms with E-state index in [-0.39, 0.29) is 42.6 Å². The molecule has 1 aromatic heterocycles. The van der Waals surface area contributed by atoms with Crippen LogP contribution < -0.4 is 5.73 Å². The number of likely N-dealkylation sites (tertiary alicyclic amines) is 1. The average molecular weight is 406 g/mol. The minimum atomic E-state index is -0.281. The van der Waals surface area contributed by atoms with Crippen LogP contribution in [0, 0.1) is 18.7 Å². The minimum Gasteiger partial charge on any atom is -0.335 e. The summed E-state index contributed by atoms with van der Waals surface area (Å²) in [7, 11) is 0. The Balaban J connectivity index is 0.00000156. The van der Waals surface area contributed by atoms with Crippen LogP contribution >= 0.6 is 36.2 Å². The van der Waals surface area contributed by atoms with E-state index >= 15 is 0 Å². The van der Waals surface area contributed by atoms with Crippen molar-refractivity contribution in [2.45, 2.75) is 26.3 Å². The lowest BCUT2D eigenvalue weighted by Crippen LogP contribution is -2.34. The van der Waals surface area contributed by atoms with Crippen molar-refractivity contribution in [1.82, 2.24) is 9.88 Å². The van der Waals surface area contributed by atoms with Crippen LogP contribution in [0.25, 0.3) is 10.6 Å². The fraction of sp³-hybridized carbons (Fsp3) is 0.412. The molecule has 0 bridgehead atoms. The third-order valence-corrected chi connectivity index (χ3v) is 5.53. The monoisotopic (exact) mass is 405 g/mol. The molecular weight excluding hydrogens is 384 g/mol. The lowest BCUT2D eigenvalue weighted by atomic mass is 10.1. The molecule has 2 atom stereocenters. The molecule has 2 aromatic rings. The van der Waals surface area contributed by atoms with Crippen LogP contribution in [0.1, 0.15) is 28.7 Å². The van der Waals surface area contributed by atoms with Crippen LogP contribution in [0.5, 0.6) is 0 Å². The quantitative estimate of drug-likeness (QED) is 0.841. The van der Waals surface area contributed by atoms with Crippen molar-refractivity contribution >= 4 is 42.1 Å². The second-order valence-corrected chi connectivity index (χ2v) is 7.08. The first-order valence-electron chi connectivity index (χ1n) is 7.74. The second kappa shape index (κ2) is 8.94. The molecule has 0 spiro atoms. The first-order valence-corrected chi connectivity index (χ1v) is 8.55. The van der Waals surface area contributed by atoms with E-state index in [2.05, 4.69) is 11.9 Å². The van der Waals surface area contributed by atoms with Crippen molar-refractivity contribution < 1.29 is 9.18 Å². The Morgan fingerprint density at radius 1 is 1.36 bits per heavy atom. The number of hydrogen-bond donors (Lipinski definition) is 1. The SMILES string of the molecule is Cc1nc(-c2ccc(F)cc2)sc1C(=O)N1CC(CN)CC1C.Cl.Cl. The fourth-order valence-corrected chi connectivity index (χ4v) is 4.07. The number of aromatic nitrogens is 1. The van der Waals surface area contributed by atoms with E-state index in [1.165, 1.54) is 23.5 Å². The van der Waals surface area contributed by atoms with E-state index in [1.54, 1.807) is 12.1 Å². The molecule has 0 saturated carbocycles. The first kappa shape index (κ1) is 21.8. The number of nitrogens with zero attached hydrogens (tertiary/aromatic N) is 2. The highest BCUT2D eigenvalue weighted by Gasteiger charge is 2.33. The Hall–Kier alpha value is -1.21. The number of nitrogens with two attached hydrogens (primary N) is 1. The van der Waals surface area contributed by atoms with Gasteiger partial charge in [0.1, 0.15) is 15.7 Å². The van der Waals surface area contributed by atoms with Crippen LogP contribution in [-0.2, 0) is 0 Å². The van der Waals surface area contributed by atoms with Gasteiger partial charge in [-0.15, -0.1) is 36.2 Å². The number of amides is 1. The highest BCUT2D eigenvalue weighted by atomic mass is 35.5. The molecule has 1 amide bonds. The Bertz CT molecular complexity index is 723. The normalized spacial score (nSPS) is 19.3. The van der Waals surface area contributed by atoms with Gasteiger partial charge < -0.3 is 10.6 Å². The topological polar surface area (TPSA) is 59.2 Å². The summed E-state index contributed by atoms with van der Waals surface area (Å²) in [4.78, 5) is 19.9. The Labute approximate surface area is 163 Å². The summed E-state index contributed by atoms with van der Waals surface area (Å²) in [5.74, 6) is 0.118. The zero-order valence-electron chi connectivity index (χ0n) is 14.1. The third-order valence-electron chi connectivity index (χ3n) is 4.34. The van der Waals surface area contributed by atoms with Gasteiger partial charge in [-0.3, -0.25) is 4.79 Å². The smallest absolute Gasteiger partial charge is 0.266 e. The predicted octanol–water partition coefficient (Wildman–Crippen LogP) is 3.91. The molecule has 3 rings (SSSR count). The van der Waals surface area contributed by atoms with Gasteiger partial charge in [-0.1, -0.05) is 0 Å². The summed E-state index contributed by atoms with van der Waals surface area (Å²) >= 11 is 1.37. The molecule has 4 nitrogen and oxygen atoms in total. The van der Waals surface area contributed by atoms with Crippen molar-refractivity contribution in [2.75, 3.05) is 13.1 Å². The Morgan fingerprint density at radius 2 is 2.00 bits per heavy atom. The molecule has 1 aliphatic rings. The summed E-state index contributed by atoms with van der Waals surface area (Å²) in [5, 5.41) is 0.744. The van der Waals surface area contributed by atoms with Crippen molar-refractivity contribution in [3.05, 3.63) is 40.7 Å². The van der Waals surface area contributed by atoms with E-state index in [1.807, 2.05) is 11.8 Å². The number of rotatable bonds is 3. The highest BCUT2D eigenvalue weighted by molar-refractivity contribution is 7.17. The van der Waals surface area contributed by atoms with Gasteiger partial charge in [0.25, 0.3) is 5.91 Å². The van der Waals surface area contributed by atoms with Crippen LogP contribution in [0.4, 0.5) is 4.39 Å². The van der Waals surface area contributed by atoms with Gasteiger partial charge in [-0.2, -0.15) is 0 Å². The molecule has 138 valence electrons. The molecule has 0 aliphatic carbocycles. The van der Waals surface area contributed by atoms with Gasteiger partial charge in [0.15, 0.2) is 0 Å². The lowest BCUT2D eigenvalue weighted by molar-refractivity contribution is 0.0747. The summed E-state index contributed by atoms with van der Waals surface area (Å²) in [6.07, 6.45) is 0.949. The highest BCUT2D eigenvalue weighted by Crippen LogP contribution is 2.31. The van der Waals surface area contributed by atoms with Gasteiger partial charge in [0.2, 0.25) is 0 Å². The van der Waals surface area contributed by atoms with Crippen LogP contribution in [-0.4, -0.2) is 34.9 Å². The maximum atomic E-state index is 13.0. The zero-order chi connectivity index (χ0) is 16.6. The van der Waals surface area contributed by atoms with E-state index in [0.717, 1.165) is 22.7 Å². The van der Waals surface area contributed by atoms with Gasteiger partial charge in [0, 0.05) is 18.2 Å². The van der Waals surface area contributed by atoms with Gasteiger partial charge in [-0.05, 0) is 57.0 Å². The van der Waals surface area contributed by atoms with Crippen molar-refractivity contribution in [1.29, 1.82) is 0 Å². The largest absolute Gasteiger partial charge is 0.335 e. The van der Waals surface area contributed by atoms with E-state index in [4.69, 9.17) is 5.73 Å². The Morgan fingerprint density at radius 3 is 2.56 bits per heavy atom. The summed E-state index contributed by atoms with van der Waals surface area (Å²) in [6, 6.07) is 6.38. The summed E-state index contributed by atoms with van der Waals surface area (Å²) in [6.45, 7) is 5.22. The van der Waals surface area contributed by atoms with E-state index in [9.17, 15) is 9.18 Å². The number of hydrogen-bond acceptors (Lipinski definition) is 4. The van der Waals surface area contributed by atoms with Crippen LogP contribution in [0.2, 0.25) is 0 Å². The molecule has 8 heteroatoms. The zero-order valence-corrected chi connectivity index (χ0v) is 16.5. The molecule has 2 heterocycles. The number of thiazole rings is 1. The van der Waals surface area contributed by atoms with Crippen molar-refractivity contribution in [2.24, 2.45) is 11.7 Å². The maximum absolute atomic E-state index is 13.0.